The van der Waals surface area contributed by atoms with Crippen molar-refractivity contribution in [3.05, 3.63) is 69.1 Å². The smallest absolute Gasteiger partial charge is 0.328 e. The van der Waals surface area contributed by atoms with E-state index in [-0.39, 0.29) is 4.47 Å². The highest BCUT2D eigenvalue weighted by Gasteiger charge is 2.05. The molecule has 112 valence electrons. The summed E-state index contributed by atoms with van der Waals surface area (Å²) in [5, 5.41) is 18.8. The van der Waals surface area contributed by atoms with Crippen LogP contribution < -0.4 is 11.0 Å². The number of carboxylic acid groups (broad SMARTS) is 1. The van der Waals surface area contributed by atoms with Gasteiger partial charge in [-0.1, -0.05) is 30.3 Å². The Labute approximate surface area is 133 Å². The predicted molar refractivity (Wildman–Crippen MR) is 85.9 cm³/mol. The summed E-state index contributed by atoms with van der Waals surface area (Å²) in [5.41, 5.74) is 3.77. The summed E-state index contributed by atoms with van der Waals surface area (Å²) in [4.78, 5) is 22.1. The lowest BCUT2D eigenvalue weighted by molar-refractivity contribution is -0.131. The number of hydrazone groups is 1. The van der Waals surface area contributed by atoms with Gasteiger partial charge in [0.15, 0.2) is 0 Å². The van der Waals surface area contributed by atoms with Crippen LogP contribution in [0, 0.1) is 0 Å². The third kappa shape index (κ3) is 4.13. The number of halogens is 1. The molecule has 0 bridgehead atoms. The second kappa shape index (κ2) is 7.32. The van der Waals surface area contributed by atoms with Crippen molar-refractivity contribution in [1.82, 2.24) is 10.2 Å². The van der Waals surface area contributed by atoms with Crippen molar-refractivity contribution >= 4 is 33.3 Å². The Bertz CT molecular complexity index is 784. The minimum Gasteiger partial charge on any atom is -0.478 e. The summed E-state index contributed by atoms with van der Waals surface area (Å²) in [6.07, 6.45) is 3.73. The van der Waals surface area contributed by atoms with E-state index in [1.54, 1.807) is 12.1 Å². The minimum atomic E-state index is -1.08. The highest BCUT2D eigenvalue weighted by atomic mass is 79.9. The van der Waals surface area contributed by atoms with Crippen molar-refractivity contribution in [2.75, 3.05) is 5.43 Å². The number of aromatic amines is 1. The van der Waals surface area contributed by atoms with E-state index in [1.165, 1.54) is 12.3 Å². The van der Waals surface area contributed by atoms with E-state index in [2.05, 4.69) is 36.7 Å². The number of allylic oxidation sites excluding steroid dienone is 1. The van der Waals surface area contributed by atoms with Gasteiger partial charge in [-0.25, -0.2) is 9.89 Å². The van der Waals surface area contributed by atoms with Crippen molar-refractivity contribution in [3.63, 3.8) is 0 Å². The molecular weight excluding hydrogens is 352 g/mol. The topological polar surface area (TPSA) is 107 Å². The van der Waals surface area contributed by atoms with E-state index >= 15 is 0 Å². The van der Waals surface area contributed by atoms with Gasteiger partial charge in [0.1, 0.15) is 4.47 Å². The number of hydrogen-bond donors (Lipinski definition) is 3. The molecule has 22 heavy (non-hydrogen) atoms. The first-order chi connectivity index (χ1) is 10.6. The molecule has 2 rings (SSSR count). The lowest BCUT2D eigenvalue weighted by Gasteiger charge is -2.05. The molecule has 0 unspecified atom stereocenters. The third-order valence-corrected chi connectivity index (χ3v) is 3.33. The van der Waals surface area contributed by atoms with Crippen LogP contribution in [0.2, 0.25) is 0 Å². The van der Waals surface area contributed by atoms with Crippen LogP contribution >= 0.6 is 15.9 Å². The molecule has 1 heterocycles. The van der Waals surface area contributed by atoms with Crippen LogP contribution in [0.3, 0.4) is 0 Å². The van der Waals surface area contributed by atoms with E-state index < -0.39 is 11.5 Å². The first-order valence-corrected chi connectivity index (χ1v) is 6.90. The van der Waals surface area contributed by atoms with Gasteiger partial charge in [-0.3, -0.25) is 10.2 Å². The van der Waals surface area contributed by atoms with Gasteiger partial charge in [-0.2, -0.15) is 10.2 Å². The standard InChI is InChI=1S/C14H11BrN4O3/c15-13-11(8-16-19-14(13)22)18-17-10(6-7-12(20)21)9-4-2-1-3-5-9/h1-8H,(H,20,21)(H2,18,19,22)/b7-6+,17-10+. The maximum absolute atomic E-state index is 11.4. The number of aliphatic carboxylic acids is 1. The molecule has 0 aliphatic heterocycles. The Morgan fingerprint density at radius 3 is 2.73 bits per heavy atom. The van der Waals surface area contributed by atoms with Gasteiger partial charge in [0, 0.05) is 11.6 Å². The van der Waals surface area contributed by atoms with Crippen molar-refractivity contribution in [2.45, 2.75) is 0 Å². The van der Waals surface area contributed by atoms with Crippen molar-refractivity contribution in [3.8, 4) is 0 Å². The monoisotopic (exact) mass is 362 g/mol. The van der Waals surface area contributed by atoms with Crippen LogP contribution in [0.5, 0.6) is 0 Å². The summed E-state index contributed by atoms with van der Waals surface area (Å²) < 4.78 is 0.251. The van der Waals surface area contributed by atoms with E-state index in [1.807, 2.05) is 18.2 Å². The van der Waals surface area contributed by atoms with Crippen LogP contribution in [0.25, 0.3) is 0 Å². The molecule has 0 amide bonds. The molecule has 1 aromatic carbocycles. The first-order valence-electron chi connectivity index (χ1n) is 6.11. The van der Waals surface area contributed by atoms with Gasteiger partial charge in [-0.15, -0.1) is 0 Å². The fourth-order valence-electron chi connectivity index (χ4n) is 1.54. The predicted octanol–water partition coefficient (Wildman–Crippen LogP) is 1.99. The first kappa shape index (κ1) is 15.6. The van der Waals surface area contributed by atoms with Crippen molar-refractivity contribution in [2.24, 2.45) is 5.10 Å². The summed E-state index contributed by atoms with van der Waals surface area (Å²) in [7, 11) is 0. The Hall–Kier alpha value is -2.74. The molecule has 0 spiro atoms. The van der Waals surface area contributed by atoms with Crippen LogP contribution in [0.1, 0.15) is 5.56 Å². The van der Waals surface area contributed by atoms with Gasteiger partial charge in [0.25, 0.3) is 5.56 Å². The van der Waals surface area contributed by atoms with Crippen molar-refractivity contribution < 1.29 is 9.90 Å². The molecule has 8 heteroatoms. The Morgan fingerprint density at radius 1 is 1.32 bits per heavy atom. The SMILES string of the molecule is O=C(O)/C=C/C(=N\Nc1cn[nH]c(=O)c1Br)c1ccccc1. The molecule has 0 aliphatic rings. The van der Waals surface area contributed by atoms with E-state index in [0.29, 0.717) is 11.4 Å². The van der Waals surface area contributed by atoms with E-state index in [4.69, 9.17) is 5.11 Å². The zero-order valence-corrected chi connectivity index (χ0v) is 12.7. The largest absolute Gasteiger partial charge is 0.478 e. The molecule has 0 atom stereocenters. The number of hydrogen-bond acceptors (Lipinski definition) is 5. The van der Waals surface area contributed by atoms with Gasteiger partial charge < -0.3 is 5.11 Å². The number of nitrogens with one attached hydrogen (secondary N) is 2. The number of H-pyrrole nitrogens is 1. The Kier molecular flexibility index (Phi) is 5.21. The van der Waals surface area contributed by atoms with Crippen LogP contribution in [-0.2, 0) is 4.79 Å². The van der Waals surface area contributed by atoms with Crippen LogP contribution in [-0.4, -0.2) is 27.0 Å². The Balaban J connectivity index is 2.34. The third-order valence-electron chi connectivity index (χ3n) is 2.55. The highest BCUT2D eigenvalue weighted by Crippen LogP contribution is 2.15. The summed E-state index contributed by atoms with van der Waals surface area (Å²) in [5.74, 6) is -1.08. The van der Waals surface area contributed by atoms with Gasteiger partial charge in [0.2, 0.25) is 0 Å². The molecule has 3 N–H and O–H groups in total. The normalized spacial score (nSPS) is 11.6. The fourth-order valence-corrected chi connectivity index (χ4v) is 1.82. The number of benzene rings is 1. The van der Waals surface area contributed by atoms with Crippen LogP contribution in [0.15, 0.2) is 63.0 Å². The van der Waals surface area contributed by atoms with Crippen LogP contribution in [0.4, 0.5) is 5.69 Å². The quantitative estimate of drug-likeness (QED) is 0.428. The van der Waals surface area contributed by atoms with E-state index in [0.717, 1.165) is 11.6 Å². The summed E-state index contributed by atoms with van der Waals surface area (Å²) >= 11 is 3.12. The van der Waals surface area contributed by atoms with E-state index in [9.17, 15) is 9.59 Å². The average molecular weight is 363 g/mol. The van der Waals surface area contributed by atoms with Crippen molar-refractivity contribution in [1.29, 1.82) is 0 Å². The molecule has 2 aromatic rings. The number of carbonyl (C=O) groups is 1. The van der Waals surface area contributed by atoms with Gasteiger partial charge in [0.05, 0.1) is 17.6 Å². The fraction of sp³-hybridized carbons (Fsp3) is 0. The summed E-state index contributed by atoms with van der Waals surface area (Å²) in [6.45, 7) is 0. The number of rotatable bonds is 5. The number of nitrogens with zero attached hydrogens (tertiary/aromatic N) is 2. The molecule has 1 aromatic heterocycles. The highest BCUT2D eigenvalue weighted by molar-refractivity contribution is 9.10. The van der Waals surface area contributed by atoms with Gasteiger partial charge in [-0.05, 0) is 22.0 Å². The summed E-state index contributed by atoms with van der Waals surface area (Å²) in [6, 6.07) is 9.04. The maximum Gasteiger partial charge on any atom is 0.328 e. The number of aromatic nitrogens is 2. The molecule has 0 saturated carbocycles. The zero-order chi connectivity index (χ0) is 15.9. The molecule has 7 nitrogen and oxygen atoms in total. The molecule has 0 radical (unpaired) electrons. The zero-order valence-electron chi connectivity index (χ0n) is 11.2. The number of carboxylic acids is 1. The average Bonchev–Trinajstić information content (AvgIpc) is 2.52. The molecule has 0 fully saturated rings. The minimum absolute atomic E-state index is 0.251. The molecular formula is C14H11BrN4O3. The van der Waals surface area contributed by atoms with Gasteiger partial charge >= 0.3 is 5.97 Å². The lowest BCUT2D eigenvalue weighted by atomic mass is 10.1. The molecule has 0 saturated heterocycles. The molecule has 0 aliphatic carbocycles. The number of anilines is 1. The second-order valence-electron chi connectivity index (χ2n) is 4.07. The maximum atomic E-state index is 11.4. The second-order valence-corrected chi connectivity index (χ2v) is 4.87. The lowest BCUT2D eigenvalue weighted by Crippen LogP contribution is -2.11. The Morgan fingerprint density at radius 2 is 2.05 bits per heavy atom.